The standard InChI is InChI=1S/C33H31F3N6O3S/c1-19(2)27-13-4-20(3)14-28(27)42-29(43)17-46-32(42)39-31(44)38-24-8-7-21-15-23(6-5-22(21)16-24)30-37-18-41(40-30)25-9-11-26(12-10-25)45-33(34,35)36/h4-6,9-15,18-19,24H,7-8,16-17H2,1-3H3,(H,38,44). The molecule has 238 valence electrons. The molecule has 0 saturated carbocycles. The predicted molar refractivity (Wildman–Crippen MR) is 170 cm³/mol. The fourth-order valence-electron chi connectivity index (χ4n) is 5.65. The van der Waals surface area contributed by atoms with Crippen LogP contribution in [0, 0.1) is 6.92 Å². The molecule has 4 aromatic rings. The summed E-state index contributed by atoms with van der Waals surface area (Å²) in [6.45, 7) is 6.11. The van der Waals surface area contributed by atoms with Gasteiger partial charge in [-0.2, -0.15) is 4.99 Å². The van der Waals surface area contributed by atoms with Crippen molar-refractivity contribution in [3.63, 3.8) is 0 Å². The number of amides is 3. The molecule has 1 fully saturated rings. The maximum atomic E-state index is 13.1. The normalized spacial score (nSPS) is 17.5. The Bertz CT molecular complexity index is 1820. The van der Waals surface area contributed by atoms with Gasteiger partial charge in [-0.15, -0.1) is 18.3 Å². The van der Waals surface area contributed by atoms with Crippen LogP contribution in [0.5, 0.6) is 5.75 Å². The number of anilines is 1. The molecule has 0 spiro atoms. The molecule has 1 saturated heterocycles. The maximum absolute atomic E-state index is 13.1. The van der Waals surface area contributed by atoms with Crippen LogP contribution in [0.3, 0.4) is 0 Å². The Labute approximate surface area is 267 Å². The van der Waals surface area contributed by atoms with Crippen LogP contribution in [0.1, 0.15) is 48.4 Å². The molecule has 9 nitrogen and oxygen atoms in total. The first-order valence-electron chi connectivity index (χ1n) is 14.8. The van der Waals surface area contributed by atoms with Gasteiger partial charge in [0.25, 0.3) is 0 Å². The van der Waals surface area contributed by atoms with Gasteiger partial charge in [0.2, 0.25) is 5.91 Å². The van der Waals surface area contributed by atoms with E-state index in [1.807, 2.05) is 43.3 Å². The first-order chi connectivity index (χ1) is 21.9. The van der Waals surface area contributed by atoms with Crippen LogP contribution >= 0.6 is 11.8 Å². The molecule has 2 aliphatic rings. The summed E-state index contributed by atoms with van der Waals surface area (Å²) >= 11 is 1.27. The quantitative estimate of drug-likeness (QED) is 0.243. The van der Waals surface area contributed by atoms with Crippen LogP contribution in [0.4, 0.5) is 23.7 Å². The third-order valence-electron chi connectivity index (χ3n) is 7.86. The summed E-state index contributed by atoms with van der Waals surface area (Å²) in [7, 11) is 0. The topological polar surface area (TPSA) is 102 Å². The van der Waals surface area contributed by atoms with E-state index in [2.05, 4.69) is 39.0 Å². The van der Waals surface area contributed by atoms with Gasteiger partial charge in [-0.1, -0.05) is 49.9 Å². The molecular formula is C33H31F3N6O3S. The number of thioether (sulfide) groups is 1. The zero-order valence-corrected chi connectivity index (χ0v) is 26.2. The lowest BCUT2D eigenvalue weighted by Gasteiger charge is -2.25. The number of amidine groups is 1. The lowest BCUT2D eigenvalue weighted by atomic mass is 9.87. The molecule has 1 aliphatic heterocycles. The summed E-state index contributed by atoms with van der Waals surface area (Å²) in [4.78, 5) is 36.2. The van der Waals surface area contributed by atoms with E-state index in [4.69, 9.17) is 0 Å². The Hall–Kier alpha value is -4.65. The maximum Gasteiger partial charge on any atom is 0.573 e. The Balaban J connectivity index is 1.11. The van der Waals surface area contributed by atoms with Gasteiger partial charge >= 0.3 is 12.4 Å². The average molecular weight is 649 g/mol. The molecule has 0 bridgehead atoms. The van der Waals surface area contributed by atoms with Gasteiger partial charge in [-0.05, 0) is 90.8 Å². The zero-order valence-electron chi connectivity index (χ0n) is 25.3. The number of fused-ring (bicyclic) bond motifs is 1. The molecule has 1 unspecified atom stereocenters. The number of hydrogen-bond donors (Lipinski definition) is 1. The van der Waals surface area contributed by atoms with E-state index in [-0.39, 0.29) is 29.4 Å². The Morgan fingerprint density at radius 2 is 1.87 bits per heavy atom. The molecule has 2 heterocycles. The smallest absolute Gasteiger partial charge is 0.406 e. The van der Waals surface area contributed by atoms with Crippen molar-refractivity contribution in [1.29, 1.82) is 0 Å². The number of benzene rings is 3. The van der Waals surface area contributed by atoms with Crippen molar-refractivity contribution in [2.45, 2.75) is 58.4 Å². The van der Waals surface area contributed by atoms with E-state index >= 15 is 0 Å². The summed E-state index contributed by atoms with van der Waals surface area (Å²) in [6.07, 6.45) is -1.18. The molecule has 6 rings (SSSR count). The second-order valence-corrected chi connectivity index (χ2v) is 12.5. The molecule has 3 aromatic carbocycles. The van der Waals surface area contributed by atoms with Gasteiger partial charge < -0.3 is 10.1 Å². The zero-order chi connectivity index (χ0) is 32.6. The van der Waals surface area contributed by atoms with Crippen molar-refractivity contribution in [3.05, 3.63) is 89.2 Å². The first kappa shape index (κ1) is 31.3. The molecule has 46 heavy (non-hydrogen) atoms. The van der Waals surface area contributed by atoms with Crippen molar-refractivity contribution < 1.29 is 27.5 Å². The molecular weight excluding hydrogens is 617 g/mol. The predicted octanol–water partition coefficient (Wildman–Crippen LogP) is 6.97. The second kappa shape index (κ2) is 12.6. The second-order valence-electron chi connectivity index (χ2n) is 11.6. The van der Waals surface area contributed by atoms with Gasteiger partial charge in [-0.3, -0.25) is 9.69 Å². The van der Waals surface area contributed by atoms with E-state index in [0.29, 0.717) is 29.5 Å². The van der Waals surface area contributed by atoms with Crippen molar-refractivity contribution in [2.24, 2.45) is 4.99 Å². The van der Waals surface area contributed by atoms with Gasteiger partial charge in [-0.25, -0.2) is 14.5 Å². The minimum Gasteiger partial charge on any atom is -0.406 e. The highest BCUT2D eigenvalue weighted by Crippen LogP contribution is 2.34. The summed E-state index contributed by atoms with van der Waals surface area (Å²) in [5.74, 6) is 0.491. The number of carbonyl (C=O) groups is 2. The fourth-order valence-corrected chi connectivity index (χ4v) is 6.51. The van der Waals surface area contributed by atoms with Crippen LogP contribution in [0.15, 0.2) is 72.0 Å². The number of halogens is 3. The Morgan fingerprint density at radius 3 is 2.61 bits per heavy atom. The summed E-state index contributed by atoms with van der Waals surface area (Å²) in [5.41, 5.74) is 6.39. The van der Waals surface area contributed by atoms with E-state index < -0.39 is 12.4 Å². The van der Waals surface area contributed by atoms with E-state index in [1.165, 1.54) is 47.0 Å². The number of alkyl halides is 3. The van der Waals surface area contributed by atoms with Gasteiger partial charge in [0.05, 0.1) is 17.1 Å². The van der Waals surface area contributed by atoms with Crippen LogP contribution in [0.2, 0.25) is 0 Å². The number of rotatable bonds is 6. The molecule has 1 aromatic heterocycles. The van der Waals surface area contributed by atoms with Crippen LogP contribution < -0.4 is 15.0 Å². The lowest BCUT2D eigenvalue weighted by molar-refractivity contribution is -0.274. The van der Waals surface area contributed by atoms with Gasteiger partial charge in [0, 0.05) is 11.6 Å². The van der Waals surface area contributed by atoms with Gasteiger partial charge in [0.1, 0.15) is 12.1 Å². The Kier molecular flexibility index (Phi) is 8.60. The van der Waals surface area contributed by atoms with Crippen LogP contribution in [-0.4, -0.2) is 50.0 Å². The minimum atomic E-state index is -4.76. The number of ether oxygens (including phenoxy) is 1. The number of nitrogens with zero attached hydrogens (tertiary/aromatic N) is 5. The average Bonchev–Trinajstić information content (AvgIpc) is 3.63. The highest BCUT2D eigenvalue weighted by atomic mass is 32.2. The summed E-state index contributed by atoms with van der Waals surface area (Å²) in [6, 6.07) is 16.7. The highest BCUT2D eigenvalue weighted by molar-refractivity contribution is 8.15. The van der Waals surface area contributed by atoms with Crippen LogP contribution in [-0.2, 0) is 17.6 Å². The summed E-state index contributed by atoms with van der Waals surface area (Å²) in [5, 5.41) is 7.91. The Morgan fingerprint density at radius 1 is 1.09 bits per heavy atom. The van der Waals surface area contributed by atoms with Crippen molar-refractivity contribution in [1.82, 2.24) is 20.1 Å². The number of aliphatic imine (C=N–C) groups is 1. The number of hydrogen-bond acceptors (Lipinski definition) is 6. The number of carbonyl (C=O) groups excluding carboxylic acids is 2. The SMILES string of the molecule is Cc1ccc(C(C)C)c(N2C(=O)CSC2=NC(=O)NC2CCc3cc(-c4ncn(-c5ccc(OC(F)(F)F)cc5)n4)ccc3C2)c1. The highest BCUT2D eigenvalue weighted by Gasteiger charge is 2.33. The molecule has 1 atom stereocenters. The van der Waals surface area contributed by atoms with Crippen molar-refractivity contribution in [3.8, 4) is 22.8 Å². The van der Waals surface area contributed by atoms with E-state index in [1.54, 1.807) is 4.90 Å². The van der Waals surface area contributed by atoms with Gasteiger partial charge in [0.15, 0.2) is 11.0 Å². The van der Waals surface area contributed by atoms with Crippen molar-refractivity contribution >= 4 is 34.6 Å². The first-order valence-corrected chi connectivity index (χ1v) is 15.8. The number of aromatic nitrogens is 3. The van der Waals surface area contributed by atoms with E-state index in [0.717, 1.165) is 39.9 Å². The molecule has 0 radical (unpaired) electrons. The number of aryl methyl sites for hydroxylation is 2. The van der Waals surface area contributed by atoms with E-state index in [9.17, 15) is 22.8 Å². The van der Waals surface area contributed by atoms with Crippen LogP contribution in [0.25, 0.3) is 17.1 Å². The molecule has 3 amide bonds. The number of nitrogens with one attached hydrogen (secondary N) is 1. The molecule has 13 heteroatoms. The van der Waals surface area contributed by atoms with Crippen molar-refractivity contribution in [2.75, 3.05) is 10.7 Å². The summed E-state index contributed by atoms with van der Waals surface area (Å²) < 4.78 is 42.8. The fraction of sp³-hybridized carbons (Fsp3) is 0.303. The number of urea groups is 1. The molecule has 1 N–H and O–H groups in total. The molecule has 1 aliphatic carbocycles. The third-order valence-corrected chi connectivity index (χ3v) is 8.78. The lowest BCUT2D eigenvalue weighted by Crippen LogP contribution is -2.38. The monoisotopic (exact) mass is 648 g/mol. The third kappa shape index (κ3) is 6.94. The largest absolute Gasteiger partial charge is 0.573 e. The minimum absolute atomic E-state index is 0.0980.